The Morgan fingerprint density at radius 2 is 1.88 bits per heavy atom. The van der Waals surface area contributed by atoms with Gasteiger partial charge in [-0.15, -0.1) is 0 Å². The molecule has 1 aromatic rings. The maximum atomic E-state index is 12.7. The number of benzene rings is 1. The lowest BCUT2D eigenvalue weighted by atomic mass is 10.0. The molecule has 0 aliphatic carbocycles. The molecule has 6 nitrogen and oxygen atoms in total. The van der Waals surface area contributed by atoms with E-state index in [0.717, 1.165) is 0 Å². The van der Waals surface area contributed by atoms with Gasteiger partial charge in [-0.2, -0.15) is 0 Å². The predicted octanol–water partition coefficient (Wildman–Crippen LogP) is 2.42. The van der Waals surface area contributed by atoms with Crippen molar-refractivity contribution in [1.29, 1.82) is 0 Å². The Labute approximate surface area is 146 Å². The van der Waals surface area contributed by atoms with E-state index in [2.05, 4.69) is 5.32 Å². The minimum absolute atomic E-state index is 0.107. The third-order valence-electron chi connectivity index (χ3n) is 3.63. The smallest absolute Gasteiger partial charge is 0.305 e. The van der Waals surface area contributed by atoms with Gasteiger partial charge in [0.05, 0.1) is 17.0 Å². The number of halogens is 1. The molecule has 0 aliphatic heterocycles. The molecule has 0 radical (unpaired) electrons. The van der Waals surface area contributed by atoms with Crippen LogP contribution in [0.4, 0.5) is 0 Å². The van der Waals surface area contributed by atoms with E-state index in [1.165, 1.54) is 4.90 Å². The Bertz CT molecular complexity index is 604. The molecule has 0 fully saturated rings. The summed E-state index contributed by atoms with van der Waals surface area (Å²) in [5, 5.41) is 11.8. The maximum absolute atomic E-state index is 12.7. The van der Waals surface area contributed by atoms with Crippen molar-refractivity contribution < 1.29 is 19.5 Å². The van der Waals surface area contributed by atoms with Crippen LogP contribution >= 0.6 is 11.6 Å². The van der Waals surface area contributed by atoms with E-state index in [-0.39, 0.29) is 24.8 Å². The van der Waals surface area contributed by atoms with Gasteiger partial charge < -0.3 is 15.3 Å². The molecule has 1 aromatic carbocycles. The van der Waals surface area contributed by atoms with Gasteiger partial charge in [-0.25, -0.2) is 0 Å². The second kappa shape index (κ2) is 9.27. The molecule has 0 heterocycles. The molecule has 0 aromatic heterocycles. The molecule has 2 amide bonds. The Hall–Kier alpha value is -2.08. The fourth-order valence-corrected chi connectivity index (χ4v) is 2.45. The van der Waals surface area contributed by atoms with Gasteiger partial charge in [-0.05, 0) is 25.0 Å². The summed E-state index contributed by atoms with van der Waals surface area (Å²) in [6.07, 6.45) is -0.136. The van der Waals surface area contributed by atoms with Crippen molar-refractivity contribution in [3.8, 4) is 0 Å². The second-order valence-corrected chi connectivity index (χ2v) is 6.14. The van der Waals surface area contributed by atoms with Crippen LogP contribution in [0.15, 0.2) is 24.3 Å². The number of hydrogen-bond donors (Lipinski definition) is 2. The molecule has 24 heavy (non-hydrogen) atoms. The Balaban J connectivity index is 2.89. The average molecular weight is 355 g/mol. The summed E-state index contributed by atoms with van der Waals surface area (Å²) in [5.41, 5.74) is 0.297. The van der Waals surface area contributed by atoms with Gasteiger partial charge in [0.25, 0.3) is 5.91 Å². The number of rotatable bonds is 8. The van der Waals surface area contributed by atoms with Crippen LogP contribution in [0, 0.1) is 5.92 Å². The lowest BCUT2D eigenvalue weighted by Gasteiger charge is -2.28. The summed E-state index contributed by atoms with van der Waals surface area (Å²) in [7, 11) is 0. The third-order valence-corrected chi connectivity index (χ3v) is 3.96. The average Bonchev–Trinajstić information content (AvgIpc) is 2.52. The second-order valence-electron chi connectivity index (χ2n) is 5.74. The molecule has 0 spiro atoms. The van der Waals surface area contributed by atoms with E-state index in [1.54, 1.807) is 31.2 Å². The van der Waals surface area contributed by atoms with E-state index in [4.69, 9.17) is 16.7 Å². The zero-order valence-electron chi connectivity index (χ0n) is 14.1. The molecule has 1 rings (SSSR count). The van der Waals surface area contributed by atoms with E-state index >= 15 is 0 Å². The van der Waals surface area contributed by atoms with Crippen molar-refractivity contribution in [3.05, 3.63) is 34.9 Å². The summed E-state index contributed by atoms with van der Waals surface area (Å²) in [6, 6.07) is 5.85. The number of nitrogens with one attached hydrogen (secondary N) is 1. The van der Waals surface area contributed by atoms with E-state index in [1.807, 2.05) is 13.8 Å². The highest BCUT2D eigenvalue weighted by Gasteiger charge is 2.29. The molecule has 0 aliphatic rings. The van der Waals surface area contributed by atoms with Crippen molar-refractivity contribution in [2.75, 3.05) is 13.1 Å². The Morgan fingerprint density at radius 1 is 1.25 bits per heavy atom. The van der Waals surface area contributed by atoms with Crippen LogP contribution in [-0.2, 0) is 9.59 Å². The van der Waals surface area contributed by atoms with Crippen molar-refractivity contribution in [2.24, 2.45) is 5.92 Å². The maximum Gasteiger partial charge on any atom is 0.305 e. The molecule has 1 atom stereocenters. The molecule has 0 bridgehead atoms. The highest BCUT2D eigenvalue weighted by molar-refractivity contribution is 6.33. The van der Waals surface area contributed by atoms with Gasteiger partial charge in [0, 0.05) is 13.1 Å². The van der Waals surface area contributed by atoms with Gasteiger partial charge in [-0.3, -0.25) is 14.4 Å². The van der Waals surface area contributed by atoms with Crippen LogP contribution in [0.2, 0.25) is 5.02 Å². The Morgan fingerprint density at radius 3 is 2.38 bits per heavy atom. The minimum atomic E-state index is -0.970. The van der Waals surface area contributed by atoms with Gasteiger partial charge in [0.1, 0.15) is 6.04 Å². The first kappa shape index (κ1) is 20.0. The molecule has 1 unspecified atom stereocenters. The number of aliphatic carboxylic acids is 1. The predicted molar refractivity (Wildman–Crippen MR) is 92.1 cm³/mol. The highest BCUT2D eigenvalue weighted by atomic mass is 35.5. The minimum Gasteiger partial charge on any atom is -0.481 e. The quantitative estimate of drug-likeness (QED) is 0.750. The summed E-state index contributed by atoms with van der Waals surface area (Å²) in [5.74, 6) is -1.85. The topological polar surface area (TPSA) is 86.7 Å². The van der Waals surface area contributed by atoms with Gasteiger partial charge in [-0.1, -0.05) is 37.6 Å². The number of amides is 2. The fourth-order valence-electron chi connectivity index (χ4n) is 2.23. The number of likely N-dealkylation sites (N-methyl/N-ethyl adjacent to an activating group) is 1. The standard InChI is InChI=1S/C17H23ClN2O4/c1-4-20(10-9-14(21)22)17(24)15(11(2)3)19-16(23)12-7-5-6-8-13(12)18/h5-8,11,15H,4,9-10H2,1-3H3,(H,19,23)(H,21,22). The lowest BCUT2D eigenvalue weighted by molar-refractivity contribution is -0.139. The molecule has 132 valence electrons. The third kappa shape index (κ3) is 5.53. The van der Waals surface area contributed by atoms with Gasteiger partial charge in [0.2, 0.25) is 5.91 Å². The van der Waals surface area contributed by atoms with Crippen LogP contribution in [0.1, 0.15) is 37.6 Å². The van der Waals surface area contributed by atoms with Crippen molar-refractivity contribution >= 4 is 29.4 Å². The number of hydrogen-bond acceptors (Lipinski definition) is 3. The van der Waals surface area contributed by atoms with Gasteiger partial charge in [0.15, 0.2) is 0 Å². The molecule has 0 saturated heterocycles. The molecule has 7 heteroatoms. The summed E-state index contributed by atoms with van der Waals surface area (Å²) in [4.78, 5) is 37.2. The van der Waals surface area contributed by atoms with Crippen LogP contribution in [-0.4, -0.2) is 46.9 Å². The number of carbonyl (C=O) groups is 3. The summed E-state index contributed by atoms with van der Waals surface area (Å²) in [6.45, 7) is 5.89. The fraction of sp³-hybridized carbons (Fsp3) is 0.471. The highest BCUT2D eigenvalue weighted by Crippen LogP contribution is 2.16. The largest absolute Gasteiger partial charge is 0.481 e. The van der Waals surface area contributed by atoms with Crippen LogP contribution in [0.3, 0.4) is 0 Å². The van der Waals surface area contributed by atoms with Crippen molar-refractivity contribution in [1.82, 2.24) is 10.2 Å². The number of nitrogens with zero attached hydrogens (tertiary/aromatic N) is 1. The van der Waals surface area contributed by atoms with Crippen LogP contribution < -0.4 is 5.32 Å². The van der Waals surface area contributed by atoms with Crippen molar-refractivity contribution in [3.63, 3.8) is 0 Å². The van der Waals surface area contributed by atoms with E-state index in [9.17, 15) is 14.4 Å². The Kier molecular flexibility index (Phi) is 7.71. The summed E-state index contributed by atoms with van der Waals surface area (Å²) < 4.78 is 0. The molecular weight excluding hydrogens is 332 g/mol. The first-order chi connectivity index (χ1) is 11.3. The summed E-state index contributed by atoms with van der Waals surface area (Å²) >= 11 is 6.01. The lowest BCUT2D eigenvalue weighted by Crippen LogP contribution is -2.51. The SMILES string of the molecule is CCN(CCC(=O)O)C(=O)C(NC(=O)c1ccccc1Cl)C(C)C. The molecular formula is C17H23ClN2O4. The van der Waals surface area contributed by atoms with E-state index in [0.29, 0.717) is 17.1 Å². The molecule has 2 N–H and O–H groups in total. The number of carboxylic acids is 1. The van der Waals surface area contributed by atoms with Crippen LogP contribution in [0.5, 0.6) is 0 Å². The van der Waals surface area contributed by atoms with E-state index < -0.39 is 17.9 Å². The van der Waals surface area contributed by atoms with Crippen molar-refractivity contribution in [2.45, 2.75) is 33.2 Å². The van der Waals surface area contributed by atoms with Gasteiger partial charge >= 0.3 is 5.97 Å². The normalized spacial score (nSPS) is 11.9. The number of carbonyl (C=O) groups excluding carboxylic acids is 2. The zero-order valence-corrected chi connectivity index (χ0v) is 14.8. The first-order valence-electron chi connectivity index (χ1n) is 7.83. The zero-order chi connectivity index (χ0) is 18.3. The monoisotopic (exact) mass is 354 g/mol. The number of carboxylic acid groups (broad SMARTS) is 1. The first-order valence-corrected chi connectivity index (χ1v) is 8.21. The van der Waals surface area contributed by atoms with Crippen LogP contribution in [0.25, 0.3) is 0 Å². The molecule has 0 saturated carbocycles.